The van der Waals surface area contributed by atoms with E-state index in [0.29, 0.717) is 10.7 Å². The van der Waals surface area contributed by atoms with Gasteiger partial charge in [-0.1, -0.05) is 17.7 Å². The molecule has 0 saturated carbocycles. The molecular formula is C21H22ClN3OS. The van der Waals surface area contributed by atoms with E-state index >= 15 is 0 Å². The van der Waals surface area contributed by atoms with Crippen LogP contribution < -0.4 is 10.6 Å². The van der Waals surface area contributed by atoms with Crippen LogP contribution in [0.3, 0.4) is 0 Å². The zero-order chi connectivity index (χ0) is 18.8. The Morgan fingerprint density at radius 1 is 1.19 bits per heavy atom. The molecule has 2 N–H and O–H groups in total. The van der Waals surface area contributed by atoms with Crippen molar-refractivity contribution in [1.82, 2.24) is 9.88 Å². The molecule has 0 bridgehead atoms. The van der Waals surface area contributed by atoms with Crippen LogP contribution in [0.2, 0.25) is 5.02 Å². The molecule has 1 aliphatic carbocycles. The molecule has 1 unspecified atom stereocenters. The zero-order valence-corrected chi connectivity index (χ0v) is 16.7. The van der Waals surface area contributed by atoms with Crippen molar-refractivity contribution >= 4 is 34.7 Å². The van der Waals surface area contributed by atoms with Gasteiger partial charge in [0.2, 0.25) is 0 Å². The number of aromatic nitrogens is 1. The highest BCUT2D eigenvalue weighted by Crippen LogP contribution is 2.40. The summed E-state index contributed by atoms with van der Waals surface area (Å²) in [6.07, 6.45) is 8.82. The summed E-state index contributed by atoms with van der Waals surface area (Å²) in [6.45, 7) is 2.06. The van der Waals surface area contributed by atoms with Gasteiger partial charge in [-0.25, -0.2) is 4.79 Å². The molecule has 3 aromatic rings. The average Bonchev–Trinajstić information content (AvgIpc) is 3.29. The number of nitrogens with zero attached hydrogens (tertiary/aromatic N) is 1. The van der Waals surface area contributed by atoms with Gasteiger partial charge >= 0.3 is 6.03 Å². The minimum absolute atomic E-state index is 0.0836. The van der Waals surface area contributed by atoms with Crippen LogP contribution in [0, 0.1) is 0 Å². The number of nitrogens with one attached hydrogen (secondary N) is 2. The molecule has 0 radical (unpaired) electrons. The number of carbonyl (C=O) groups excluding carboxylic acids is 1. The minimum Gasteiger partial charge on any atom is -0.331 e. The number of anilines is 1. The Morgan fingerprint density at radius 3 is 2.74 bits per heavy atom. The maximum Gasteiger partial charge on any atom is 0.319 e. The van der Waals surface area contributed by atoms with Crippen molar-refractivity contribution in [2.24, 2.45) is 0 Å². The molecule has 4 rings (SSSR count). The van der Waals surface area contributed by atoms with E-state index in [9.17, 15) is 4.79 Å². The number of urea groups is 1. The van der Waals surface area contributed by atoms with Gasteiger partial charge in [0, 0.05) is 33.5 Å². The third-order valence-electron chi connectivity index (χ3n) is 4.89. The Bertz CT molecular complexity index is 948. The minimum atomic E-state index is -0.223. The molecule has 140 valence electrons. The van der Waals surface area contributed by atoms with Crippen molar-refractivity contribution < 1.29 is 4.79 Å². The van der Waals surface area contributed by atoms with Crippen molar-refractivity contribution in [2.45, 2.75) is 38.6 Å². The van der Waals surface area contributed by atoms with Crippen molar-refractivity contribution in [3.05, 3.63) is 69.8 Å². The van der Waals surface area contributed by atoms with Crippen molar-refractivity contribution in [1.29, 1.82) is 0 Å². The fourth-order valence-corrected chi connectivity index (χ4v) is 5.33. The molecular weight excluding hydrogens is 378 g/mol. The number of amides is 2. The van der Waals surface area contributed by atoms with Gasteiger partial charge in [-0.05, 0) is 68.5 Å². The number of hydrogen-bond acceptors (Lipinski definition) is 2. The van der Waals surface area contributed by atoms with E-state index in [-0.39, 0.29) is 12.1 Å². The molecule has 1 aromatic carbocycles. The molecule has 4 nitrogen and oxygen atoms in total. The average molecular weight is 400 g/mol. The fourth-order valence-electron chi connectivity index (χ4n) is 3.69. The number of hydrogen-bond donors (Lipinski definition) is 2. The quantitative estimate of drug-likeness (QED) is 0.559. The summed E-state index contributed by atoms with van der Waals surface area (Å²) in [6, 6.07) is 10.9. The number of thiophene rings is 1. The number of halogens is 1. The molecule has 0 spiro atoms. The largest absolute Gasteiger partial charge is 0.331 e. The number of fused-ring (bicyclic) bond motifs is 1. The summed E-state index contributed by atoms with van der Waals surface area (Å²) in [4.78, 5) is 14.0. The van der Waals surface area contributed by atoms with E-state index in [1.807, 2.05) is 35.6 Å². The summed E-state index contributed by atoms with van der Waals surface area (Å²) in [5.41, 5.74) is 3.35. The first kappa shape index (κ1) is 18.1. The normalized spacial score (nSPS) is 14.4. The fraction of sp³-hybridized carbons (Fsp3) is 0.286. The van der Waals surface area contributed by atoms with E-state index in [1.165, 1.54) is 33.8 Å². The summed E-state index contributed by atoms with van der Waals surface area (Å²) in [5, 5.41) is 7.79. The Labute approximate surface area is 168 Å². The lowest BCUT2D eigenvalue weighted by Gasteiger charge is -2.20. The highest BCUT2D eigenvalue weighted by Gasteiger charge is 2.25. The van der Waals surface area contributed by atoms with Gasteiger partial charge in [0.1, 0.15) is 5.00 Å². The first-order valence-electron chi connectivity index (χ1n) is 9.22. The van der Waals surface area contributed by atoms with E-state index in [4.69, 9.17) is 11.6 Å². The van der Waals surface area contributed by atoms with Crippen LogP contribution >= 0.6 is 22.9 Å². The Hall–Kier alpha value is -2.24. The second-order valence-electron chi connectivity index (χ2n) is 6.85. The van der Waals surface area contributed by atoms with E-state index < -0.39 is 0 Å². The van der Waals surface area contributed by atoms with Crippen LogP contribution in [0.5, 0.6) is 0 Å². The highest BCUT2D eigenvalue weighted by atomic mass is 35.5. The van der Waals surface area contributed by atoms with Crippen molar-refractivity contribution in [2.75, 3.05) is 5.32 Å². The van der Waals surface area contributed by atoms with Crippen molar-refractivity contribution in [3.63, 3.8) is 0 Å². The smallest absolute Gasteiger partial charge is 0.319 e. The highest BCUT2D eigenvalue weighted by molar-refractivity contribution is 7.15. The number of aryl methyl sites for hydroxylation is 1. The molecule has 2 heterocycles. The Balaban J connectivity index is 1.58. The van der Waals surface area contributed by atoms with E-state index in [0.717, 1.165) is 12.8 Å². The molecule has 27 heavy (non-hydrogen) atoms. The second-order valence-corrected chi connectivity index (χ2v) is 8.37. The lowest BCUT2D eigenvalue weighted by atomic mass is 9.93. The van der Waals surface area contributed by atoms with Crippen LogP contribution in [-0.2, 0) is 12.8 Å². The monoisotopic (exact) mass is 399 g/mol. The first-order valence-corrected chi connectivity index (χ1v) is 10.4. The molecule has 1 aliphatic rings. The van der Waals surface area contributed by atoms with Gasteiger partial charge in [0.25, 0.3) is 0 Å². The zero-order valence-electron chi connectivity index (χ0n) is 15.2. The molecule has 1 atom stereocenters. The number of rotatable bonds is 4. The maximum atomic E-state index is 12.5. The van der Waals surface area contributed by atoms with Gasteiger partial charge in [-0.15, -0.1) is 11.3 Å². The van der Waals surface area contributed by atoms with Gasteiger partial charge < -0.3 is 15.2 Å². The molecule has 2 amide bonds. The SMILES string of the molecule is CC(NC(=O)Nc1cccc(Cl)c1)c1c(-n2cccc2)sc2c1CCCC2. The molecule has 0 fully saturated rings. The molecule has 6 heteroatoms. The predicted octanol–water partition coefficient (Wildman–Crippen LogP) is 5.95. The maximum absolute atomic E-state index is 12.5. The van der Waals surface area contributed by atoms with Crippen LogP contribution in [0.4, 0.5) is 10.5 Å². The van der Waals surface area contributed by atoms with Gasteiger partial charge in [-0.3, -0.25) is 0 Å². The summed E-state index contributed by atoms with van der Waals surface area (Å²) in [5.74, 6) is 0. The van der Waals surface area contributed by atoms with Gasteiger partial charge in [-0.2, -0.15) is 0 Å². The van der Waals surface area contributed by atoms with E-state index in [1.54, 1.807) is 12.1 Å². The Morgan fingerprint density at radius 2 is 1.96 bits per heavy atom. The van der Waals surface area contributed by atoms with Gasteiger partial charge in [0.15, 0.2) is 0 Å². The standard InChI is InChI=1S/C21H22ClN3OS/c1-14(23-21(26)24-16-8-6-7-15(22)13-16)19-17-9-2-3-10-18(17)27-20(19)25-11-4-5-12-25/h4-8,11-14H,2-3,9-10H2,1H3,(H2,23,24,26). The number of carbonyl (C=O) groups is 1. The Kier molecular flexibility index (Phi) is 5.23. The molecule has 0 aliphatic heterocycles. The van der Waals surface area contributed by atoms with Crippen LogP contribution in [0.1, 0.15) is 41.8 Å². The number of benzene rings is 1. The lowest BCUT2D eigenvalue weighted by Crippen LogP contribution is -2.32. The second kappa shape index (κ2) is 7.79. The van der Waals surface area contributed by atoms with E-state index in [2.05, 4.69) is 34.5 Å². The molecule has 2 aromatic heterocycles. The topological polar surface area (TPSA) is 46.1 Å². The van der Waals surface area contributed by atoms with Gasteiger partial charge in [0.05, 0.1) is 6.04 Å². The third kappa shape index (κ3) is 3.89. The predicted molar refractivity (Wildman–Crippen MR) is 112 cm³/mol. The molecule has 0 saturated heterocycles. The summed E-state index contributed by atoms with van der Waals surface area (Å²) < 4.78 is 2.16. The van der Waals surface area contributed by atoms with Crippen LogP contribution in [-0.4, -0.2) is 10.6 Å². The first-order chi connectivity index (χ1) is 13.1. The van der Waals surface area contributed by atoms with Crippen LogP contribution in [0.15, 0.2) is 48.8 Å². The van der Waals surface area contributed by atoms with Crippen LogP contribution in [0.25, 0.3) is 5.00 Å². The van der Waals surface area contributed by atoms with Crippen molar-refractivity contribution in [3.8, 4) is 5.00 Å². The lowest BCUT2D eigenvalue weighted by molar-refractivity contribution is 0.249. The summed E-state index contributed by atoms with van der Waals surface area (Å²) in [7, 11) is 0. The summed E-state index contributed by atoms with van der Waals surface area (Å²) >= 11 is 7.85. The third-order valence-corrected chi connectivity index (χ3v) is 6.45.